The molecule has 1 aromatic carbocycles. The number of likely N-dealkylation sites (tertiary alicyclic amines) is 1. The molecule has 2 amide bonds. The summed E-state index contributed by atoms with van der Waals surface area (Å²) in [6.07, 6.45) is 6.69. The Kier molecular flexibility index (Phi) is 6.44. The highest BCUT2D eigenvalue weighted by atomic mass is 16.5. The second-order valence-corrected chi connectivity index (χ2v) is 9.57. The van der Waals surface area contributed by atoms with Gasteiger partial charge in [0.05, 0.1) is 31.5 Å². The van der Waals surface area contributed by atoms with Gasteiger partial charge in [0.1, 0.15) is 11.6 Å². The Hall–Kier alpha value is -3.43. The van der Waals surface area contributed by atoms with Gasteiger partial charge in [-0.1, -0.05) is 12.1 Å². The molecule has 1 unspecified atom stereocenters. The van der Waals surface area contributed by atoms with E-state index < -0.39 is 0 Å². The van der Waals surface area contributed by atoms with Gasteiger partial charge in [0, 0.05) is 49.7 Å². The molecule has 2 aliphatic heterocycles. The summed E-state index contributed by atoms with van der Waals surface area (Å²) >= 11 is 0. The molecule has 0 aliphatic carbocycles. The van der Waals surface area contributed by atoms with Crippen molar-refractivity contribution >= 4 is 11.8 Å². The minimum absolute atomic E-state index is 0.0274. The van der Waals surface area contributed by atoms with E-state index in [0.29, 0.717) is 25.5 Å². The summed E-state index contributed by atoms with van der Waals surface area (Å²) in [5.74, 6) is 1.43. The van der Waals surface area contributed by atoms with Crippen molar-refractivity contribution in [3.63, 3.8) is 0 Å². The van der Waals surface area contributed by atoms with Crippen LogP contribution < -0.4 is 9.64 Å². The summed E-state index contributed by atoms with van der Waals surface area (Å²) < 4.78 is 5.41. The van der Waals surface area contributed by atoms with Crippen molar-refractivity contribution in [1.29, 1.82) is 0 Å². The number of piperidine rings is 1. The van der Waals surface area contributed by atoms with Gasteiger partial charge in [0.15, 0.2) is 0 Å². The molecule has 2 aliphatic rings. The molecule has 0 saturated carbocycles. The largest absolute Gasteiger partial charge is 0.497 e. The Morgan fingerprint density at radius 2 is 2.00 bits per heavy atom. The number of pyridine rings is 1. The average Bonchev–Trinajstić information content (AvgIpc) is 3.49. The third-order valence-corrected chi connectivity index (χ3v) is 7.13. The number of carbonyl (C=O) groups excluding carboxylic acids is 1. The molecule has 2 fully saturated rings. The number of hydrogen-bond donors (Lipinski definition) is 2. The number of amides is 2. The number of nitrogens with one attached hydrogen (secondary N) is 1. The van der Waals surface area contributed by atoms with Crippen molar-refractivity contribution < 1.29 is 14.6 Å². The van der Waals surface area contributed by atoms with Crippen molar-refractivity contribution in [3.05, 3.63) is 60.6 Å². The van der Waals surface area contributed by atoms with E-state index in [1.54, 1.807) is 19.5 Å². The molecule has 1 spiro atoms. The first kappa shape index (κ1) is 23.3. The van der Waals surface area contributed by atoms with Crippen LogP contribution in [0.25, 0.3) is 11.1 Å². The van der Waals surface area contributed by atoms with E-state index in [9.17, 15) is 9.90 Å². The molecule has 9 heteroatoms. The van der Waals surface area contributed by atoms with Crippen molar-refractivity contribution in [2.75, 3.05) is 38.2 Å². The fourth-order valence-electron chi connectivity index (χ4n) is 5.24. The van der Waals surface area contributed by atoms with Gasteiger partial charge in [-0.3, -0.25) is 10.00 Å². The third kappa shape index (κ3) is 4.74. The van der Waals surface area contributed by atoms with Crippen LogP contribution in [0.15, 0.2) is 55.0 Å². The van der Waals surface area contributed by atoms with Crippen molar-refractivity contribution in [3.8, 4) is 16.9 Å². The molecule has 2 aromatic heterocycles. The summed E-state index contributed by atoms with van der Waals surface area (Å²) in [6, 6.07) is 11.8. The van der Waals surface area contributed by atoms with Gasteiger partial charge in [-0.25, -0.2) is 9.78 Å². The Bertz CT molecular complexity index is 1140. The van der Waals surface area contributed by atoms with Crippen LogP contribution in [0.1, 0.15) is 25.3 Å². The standard InChI is InChI=1S/C26H32N6O3/c1-19(33)16-30-10-8-26(9-11-30)18-31(24-7-6-21(13-27-24)22-14-28-29-15-22)25(34)32(26)17-20-4-3-5-23(12-20)35-2/h3-7,12-15,19,33H,8-11,16-18H2,1-2H3,(H,28,29). The van der Waals surface area contributed by atoms with Crippen molar-refractivity contribution in [1.82, 2.24) is 25.0 Å². The highest BCUT2D eigenvalue weighted by molar-refractivity contribution is 5.94. The molecular formula is C26H32N6O3. The minimum atomic E-state index is -0.364. The van der Waals surface area contributed by atoms with E-state index in [1.807, 2.05) is 59.3 Å². The molecule has 2 saturated heterocycles. The number of aliphatic hydroxyl groups excluding tert-OH is 1. The Labute approximate surface area is 205 Å². The number of anilines is 1. The topological polar surface area (TPSA) is 97.8 Å². The number of carbonyl (C=O) groups is 1. The van der Waals surface area contributed by atoms with Gasteiger partial charge in [-0.2, -0.15) is 5.10 Å². The van der Waals surface area contributed by atoms with Crippen molar-refractivity contribution in [2.45, 2.75) is 38.0 Å². The SMILES string of the molecule is COc1cccc(CN2C(=O)N(c3ccc(-c4cn[nH]c4)cn3)CC23CCN(CC(C)O)CC3)c1. The first-order valence-electron chi connectivity index (χ1n) is 12.1. The van der Waals surface area contributed by atoms with Gasteiger partial charge >= 0.3 is 6.03 Å². The second-order valence-electron chi connectivity index (χ2n) is 9.57. The van der Waals surface area contributed by atoms with Gasteiger partial charge in [0.2, 0.25) is 0 Å². The minimum Gasteiger partial charge on any atom is -0.497 e. The zero-order valence-corrected chi connectivity index (χ0v) is 20.2. The number of methoxy groups -OCH3 is 1. The number of nitrogens with zero attached hydrogens (tertiary/aromatic N) is 5. The van der Waals surface area contributed by atoms with Crippen LogP contribution in [-0.4, -0.2) is 81.1 Å². The van der Waals surface area contributed by atoms with Gasteiger partial charge in [-0.15, -0.1) is 0 Å². The lowest BCUT2D eigenvalue weighted by atomic mass is 9.86. The number of ether oxygens (including phenoxy) is 1. The van der Waals surface area contributed by atoms with Crippen LogP contribution >= 0.6 is 0 Å². The first-order chi connectivity index (χ1) is 17.0. The van der Waals surface area contributed by atoms with Crippen LogP contribution in [0.2, 0.25) is 0 Å². The number of aromatic nitrogens is 3. The summed E-state index contributed by atoms with van der Waals surface area (Å²) in [5.41, 5.74) is 2.65. The third-order valence-electron chi connectivity index (χ3n) is 7.13. The molecule has 3 aromatic rings. The Morgan fingerprint density at radius 1 is 1.17 bits per heavy atom. The molecule has 0 bridgehead atoms. The summed E-state index contributed by atoms with van der Waals surface area (Å²) in [4.78, 5) is 24.6. The highest BCUT2D eigenvalue weighted by Gasteiger charge is 2.51. The van der Waals surface area contributed by atoms with Crippen molar-refractivity contribution in [2.24, 2.45) is 0 Å². The van der Waals surface area contributed by atoms with Crippen LogP contribution in [-0.2, 0) is 6.54 Å². The predicted octanol–water partition coefficient (Wildman–Crippen LogP) is 3.14. The monoisotopic (exact) mass is 476 g/mol. The zero-order valence-electron chi connectivity index (χ0n) is 20.2. The number of aliphatic hydroxyl groups is 1. The van der Waals surface area contributed by atoms with E-state index in [0.717, 1.165) is 48.4 Å². The van der Waals surface area contributed by atoms with Crippen LogP contribution in [0, 0.1) is 0 Å². The molecule has 9 nitrogen and oxygen atoms in total. The van der Waals surface area contributed by atoms with Crippen LogP contribution in [0.3, 0.4) is 0 Å². The number of β-amino-alcohol motifs (C(OH)–C–C–N with tert-alkyl or cyclic N) is 1. The number of H-pyrrole nitrogens is 1. The Balaban J connectivity index is 1.41. The predicted molar refractivity (Wildman–Crippen MR) is 133 cm³/mol. The fourth-order valence-corrected chi connectivity index (χ4v) is 5.24. The number of rotatable bonds is 7. The van der Waals surface area contributed by atoms with E-state index in [-0.39, 0.29) is 17.7 Å². The Morgan fingerprint density at radius 3 is 2.66 bits per heavy atom. The lowest BCUT2D eigenvalue weighted by Crippen LogP contribution is -2.54. The maximum atomic E-state index is 13.8. The van der Waals surface area contributed by atoms with E-state index in [4.69, 9.17) is 4.74 Å². The molecule has 184 valence electrons. The maximum absolute atomic E-state index is 13.8. The molecule has 1 atom stereocenters. The van der Waals surface area contributed by atoms with Crippen LogP contribution in [0.5, 0.6) is 5.75 Å². The fraction of sp³-hybridized carbons (Fsp3) is 0.423. The van der Waals surface area contributed by atoms with Crippen LogP contribution in [0.4, 0.5) is 10.6 Å². The average molecular weight is 477 g/mol. The van der Waals surface area contributed by atoms with Gasteiger partial charge < -0.3 is 19.6 Å². The second kappa shape index (κ2) is 9.67. The molecule has 35 heavy (non-hydrogen) atoms. The quantitative estimate of drug-likeness (QED) is 0.544. The smallest absolute Gasteiger partial charge is 0.326 e. The normalized spacial score (nSPS) is 18.9. The number of benzene rings is 1. The number of hydrogen-bond acceptors (Lipinski definition) is 6. The van der Waals surface area contributed by atoms with Gasteiger partial charge in [0.25, 0.3) is 0 Å². The number of urea groups is 1. The van der Waals surface area contributed by atoms with Gasteiger partial charge in [-0.05, 0) is 49.6 Å². The first-order valence-corrected chi connectivity index (χ1v) is 12.1. The summed E-state index contributed by atoms with van der Waals surface area (Å²) in [6.45, 7) is 5.26. The zero-order chi connectivity index (χ0) is 24.4. The molecule has 4 heterocycles. The molecule has 2 N–H and O–H groups in total. The van der Waals surface area contributed by atoms with E-state index in [1.165, 1.54) is 0 Å². The highest BCUT2D eigenvalue weighted by Crippen LogP contribution is 2.39. The van der Waals surface area contributed by atoms with E-state index >= 15 is 0 Å². The summed E-state index contributed by atoms with van der Waals surface area (Å²) in [7, 11) is 1.65. The molecule has 5 rings (SSSR count). The lowest BCUT2D eigenvalue weighted by Gasteiger charge is -2.44. The molecular weight excluding hydrogens is 444 g/mol. The van der Waals surface area contributed by atoms with E-state index in [2.05, 4.69) is 20.1 Å². The summed E-state index contributed by atoms with van der Waals surface area (Å²) in [5, 5.41) is 16.7. The maximum Gasteiger partial charge on any atom is 0.326 e. The number of aromatic amines is 1. The lowest BCUT2D eigenvalue weighted by molar-refractivity contribution is 0.0488. The molecule has 0 radical (unpaired) electrons.